The lowest BCUT2D eigenvalue weighted by Gasteiger charge is -2.17. The van der Waals surface area contributed by atoms with Crippen molar-refractivity contribution < 1.29 is 32.7 Å². The largest absolute Gasteiger partial charge is 0.480 e. The SMILES string of the molecule is O=C(Nc1cc(Cl)ccc1C(=O)N[C@@H](Cc1ccc(-c2ccccc2)cc1)C(=O)O)c1ccc(C(F)(F)F)cc1. The maximum atomic E-state index is 13.1. The van der Waals surface area contributed by atoms with E-state index in [1.165, 1.54) is 18.2 Å². The standard InChI is InChI=1S/C30H22ClF3N2O4/c31-23-14-15-24(25(17-23)35-27(37)21-10-12-22(13-11-21)30(32,33)34)28(38)36-26(29(39)40)16-18-6-8-20(9-7-18)19-4-2-1-3-5-19/h1-15,17,26H,16H2,(H,35,37)(H,36,38)(H,39,40)/t26-/m0/s1. The Morgan fingerprint density at radius 2 is 1.43 bits per heavy atom. The van der Waals surface area contributed by atoms with E-state index in [2.05, 4.69) is 10.6 Å². The molecule has 6 nitrogen and oxygen atoms in total. The van der Waals surface area contributed by atoms with Crippen molar-refractivity contribution in [3.05, 3.63) is 124 Å². The van der Waals surface area contributed by atoms with Gasteiger partial charge in [-0.3, -0.25) is 9.59 Å². The van der Waals surface area contributed by atoms with Gasteiger partial charge in [0.2, 0.25) is 0 Å². The van der Waals surface area contributed by atoms with E-state index in [9.17, 15) is 32.7 Å². The number of alkyl halides is 3. The second-order valence-electron chi connectivity index (χ2n) is 8.85. The first-order chi connectivity index (χ1) is 19.0. The van der Waals surface area contributed by atoms with Crippen molar-refractivity contribution in [2.75, 3.05) is 5.32 Å². The van der Waals surface area contributed by atoms with Crippen LogP contribution in [0.2, 0.25) is 5.02 Å². The average molecular weight is 567 g/mol. The van der Waals surface area contributed by atoms with Crippen molar-refractivity contribution in [2.24, 2.45) is 0 Å². The molecule has 4 rings (SSSR count). The van der Waals surface area contributed by atoms with Crippen molar-refractivity contribution >= 4 is 35.1 Å². The number of carbonyl (C=O) groups is 3. The van der Waals surface area contributed by atoms with Crippen LogP contribution in [-0.4, -0.2) is 28.9 Å². The van der Waals surface area contributed by atoms with Crippen LogP contribution in [0.5, 0.6) is 0 Å². The smallest absolute Gasteiger partial charge is 0.416 e. The van der Waals surface area contributed by atoms with Gasteiger partial charge in [0.1, 0.15) is 6.04 Å². The van der Waals surface area contributed by atoms with Gasteiger partial charge in [0.05, 0.1) is 16.8 Å². The van der Waals surface area contributed by atoms with E-state index in [0.717, 1.165) is 35.4 Å². The molecule has 0 saturated carbocycles. The third-order valence-electron chi connectivity index (χ3n) is 6.05. The van der Waals surface area contributed by atoms with Gasteiger partial charge in [-0.2, -0.15) is 13.2 Å². The molecule has 0 bridgehead atoms. The first kappa shape index (κ1) is 28.4. The zero-order valence-electron chi connectivity index (χ0n) is 20.7. The molecule has 0 radical (unpaired) electrons. The number of halogens is 4. The van der Waals surface area contributed by atoms with Crippen molar-refractivity contribution in [1.29, 1.82) is 0 Å². The second kappa shape index (κ2) is 12.0. The topological polar surface area (TPSA) is 95.5 Å². The number of benzene rings is 4. The van der Waals surface area contributed by atoms with E-state index in [0.29, 0.717) is 5.56 Å². The Kier molecular flexibility index (Phi) is 8.55. The van der Waals surface area contributed by atoms with Crippen LogP contribution in [0.4, 0.5) is 18.9 Å². The third kappa shape index (κ3) is 7.06. The molecule has 0 aromatic heterocycles. The molecule has 0 aliphatic rings. The summed E-state index contributed by atoms with van der Waals surface area (Å²) < 4.78 is 38.5. The van der Waals surface area contributed by atoms with Crippen molar-refractivity contribution in [1.82, 2.24) is 5.32 Å². The Balaban J connectivity index is 1.49. The molecule has 40 heavy (non-hydrogen) atoms. The van der Waals surface area contributed by atoms with Crippen LogP contribution in [0.25, 0.3) is 11.1 Å². The Bertz CT molecular complexity index is 1520. The van der Waals surface area contributed by atoms with Crippen LogP contribution in [0.3, 0.4) is 0 Å². The maximum absolute atomic E-state index is 13.1. The first-order valence-corrected chi connectivity index (χ1v) is 12.4. The fourth-order valence-electron chi connectivity index (χ4n) is 3.96. The molecule has 0 aliphatic carbocycles. The number of hydrogen-bond donors (Lipinski definition) is 3. The zero-order chi connectivity index (χ0) is 28.9. The molecule has 4 aromatic carbocycles. The highest BCUT2D eigenvalue weighted by atomic mass is 35.5. The van der Waals surface area contributed by atoms with Crippen molar-refractivity contribution in [2.45, 2.75) is 18.6 Å². The van der Waals surface area contributed by atoms with Crippen LogP contribution in [-0.2, 0) is 17.4 Å². The van der Waals surface area contributed by atoms with Crippen molar-refractivity contribution in [3.8, 4) is 11.1 Å². The third-order valence-corrected chi connectivity index (χ3v) is 6.29. The van der Waals surface area contributed by atoms with Gasteiger partial charge >= 0.3 is 12.1 Å². The maximum Gasteiger partial charge on any atom is 0.416 e. The predicted octanol–water partition coefficient (Wildman–Crippen LogP) is 6.70. The molecule has 0 unspecified atom stereocenters. The molecule has 2 amide bonds. The molecule has 204 valence electrons. The molecular weight excluding hydrogens is 545 g/mol. The van der Waals surface area contributed by atoms with E-state index in [-0.39, 0.29) is 28.3 Å². The number of anilines is 1. The van der Waals surface area contributed by atoms with E-state index in [4.69, 9.17) is 11.6 Å². The summed E-state index contributed by atoms with van der Waals surface area (Å²) in [5.74, 6) is -2.82. The molecule has 0 heterocycles. The summed E-state index contributed by atoms with van der Waals surface area (Å²) in [7, 11) is 0. The van der Waals surface area contributed by atoms with Crippen LogP contribution in [0, 0.1) is 0 Å². The summed E-state index contributed by atoms with van der Waals surface area (Å²) in [5.41, 5.74) is 1.53. The summed E-state index contributed by atoms with van der Waals surface area (Å²) in [6.45, 7) is 0. The normalized spacial score (nSPS) is 11.9. The molecule has 3 N–H and O–H groups in total. The molecular formula is C30H22ClF3N2O4. The molecule has 1 atom stereocenters. The summed E-state index contributed by atoms with van der Waals surface area (Å²) in [5, 5.41) is 14.9. The van der Waals surface area contributed by atoms with Crippen LogP contribution in [0.15, 0.2) is 97.1 Å². The van der Waals surface area contributed by atoms with E-state index < -0.39 is 35.6 Å². The predicted molar refractivity (Wildman–Crippen MR) is 145 cm³/mol. The Morgan fingerprint density at radius 3 is 2.02 bits per heavy atom. The first-order valence-electron chi connectivity index (χ1n) is 12.0. The lowest BCUT2D eigenvalue weighted by molar-refractivity contribution is -0.139. The summed E-state index contributed by atoms with van der Waals surface area (Å²) in [6.07, 6.45) is -4.56. The number of carboxylic acid groups (broad SMARTS) is 1. The molecule has 0 spiro atoms. The highest BCUT2D eigenvalue weighted by Gasteiger charge is 2.30. The summed E-state index contributed by atoms with van der Waals surface area (Å²) in [6, 6.07) is 23.2. The van der Waals surface area contributed by atoms with Gasteiger partial charge in [0, 0.05) is 17.0 Å². The fourth-order valence-corrected chi connectivity index (χ4v) is 4.13. The number of hydrogen-bond acceptors (Lipinski definition) is 3. The van der Waals surface area contributed by atoms with Crippen LogP contribution < -0.4 is 10.6 Å². The Hall–Kier alpha value is -4.63. The van der Waals surface area contributed by atoms with Gasteiger partial charge in [-0.1, -0.05) is 66.2 Å². The Labute approximate surface area is 232 Å². The summed E-state index contributed by atoms with van der Waals surface area (Å²) in [4.78, 5) is 37.8. The number of nitrogens with one attached hydrogen (secondary N) is 2. The van der Waals surface area contributed by atoms with E-state index in [1.54, 1.807) is 12.1 Å². The number of carboxylic acids is 1. The lowest BCUT2D eigenvalue weighted by atomic mass is 10.0. The van der Waals surface area contributed by atoms with Gasteiger partial charge in [-0.15, -0.1) is 0 Å². The second-order valence-corrected chi connectivity index (χ2v) is 9.29. The molecule has 4 aromatic rings. The molecule has 0 saturated heterocycles. The average Bonchev–Trinajstić information content (AvgIpc) is 2.93. The van der Waals surface area contributed by atoms with E-state index >= 15 is 0 Å². The Morgan fingerprint density at radius 1 is 0.800 bits per heavy atom. The monoisotopic (exact) mass is 566 g/mol. The van der Waals surface area contributed by atoms with Crippen LogP contribution in [0.1, 0.15) is 31.8 Å². The van der Waals surface area contributed by atoms with Gasteiger partial charge in [0.15, 0.2) is 0 Å². The molecule has 0 aliphatic heterocycles. The molecule has 10 heteroatoms. The highest BCUT2D eigenvalue weighted by Crippen LogP contribution is 2.29. The number of carbonyl (C=O) groups excluding carboxylic acids is 2. The molecule has 0 fully saturated rings. The van der Waals surface area contributed by atoms with Crippen LogP contribution >= 0.6 is 11.6 Å². The van der Waals surface area contributed by atoms with Gasteiger partial charge in [0.25, 0.3) is 11.8 Å². The summed E-state index contributed by atoms with van der Waals surface area (Å²) >= 11 is 6.04. The minimum atomic E-state index is -4.56. The zero-order valence-corrected chi connectivity index (χ0v) is 21.5. The lowest BCUT2D eigenvalue weighted by Crippen LogP contribution is -2.42. The van der Waals surface area contributed by atoms with Gasteiger partial charge < -0.3 is 15.7 Å². The highest BCUT2D eigenvalue weighted by molar-refractivity contribution is 6.31. The number of aliphatic carboxylic acids is 1. The van der Waals surface area contributed by atoms with Crippen molar-refractivity contribution in [3.63, 3.8) is 0 Å². The number of amides is 2. The van der Waals surface area contributed by atoms with Gasteiger partial charge in [-0.25, -0.2) is 4.79 Å². The van der Waals surface area contributed by atoms with E-state index in [1.807, 2.05) is 42.5 Å². The minimum absolute atomic E-state index is 0.00300. The quantitative estimate of drug-likeness (QED) is 0.221. The number of rotatable bonds is 8. The van der Waals surface area contributed by atoms with Gasteiger partial charge in [-0.05, 0) is 59.2 Å². The minimum Gasteiger partial charge on any atom is -0.480 e. The fraction of sp³-hybridized carbons (Fsp3) is 0.100.